The molecule has 0 fully saturated rings. The van der Waals surface area contributed by atoms with E-state index in [4.69, 9.17) is 16.7 Å². The maximum absolute atomic E-state index is 11.6. The molecule has 17 heavy (non-hydrogen) atoms. The maximum Gasteiger partial charge on any atom is 0.221 e. The van der Waals surface area contributed by atoms with Gasteiger partial charge in [0.15, 0.2) is 9.84 Å². The van der Waals surface area contributed by atoms with Crippen LogP contribution in [-0.4, -0.2) is 31.8 Å². The average molecular weight is 278 g/mol. The topological polar surface area (TPSA) is 83.5 Å². The van der Waals surface area contributed by atoms with Crippen molar-refractivity contribution in [2.45, 2.75) is 11.8 Å². The zero-order chi connectivity index (χ0) is 13.1. The molecule has 0 atom stereocenters. The number of aliphatic hydroxyl groups excluding tert-OH is 1. The van der Waals surface area contributed by atoms with Crippen LogP contribution in [0.15, 0.2) is 23.1 Å². The molecule has 2 N–H and O–H groups in total. The van der Waals surface area contributed by atoms with Gasteiger partial charge in [0.1, 0.15) is 0 Å². The van der Waals surface area contributed by atoms with E-state index in [1.807, 2.05) is 0 Å². The van der Waals surface area contributed by atoms with Crippen LogP contribution in [0.2, 0.25) is 5.02 Å². The van der Waals surface area contributed by atoms with Crippen LogP contribution in [0.1, 0.15) is 6.92 Å². The van der Waals surface area contributed by atoms with Crippen molar-refractivity contribution in [1.82, 2.24) is 0 Å². The van der Waals surface area contributed by atoms with Crippen molar-refractivity contribution in [2.24, 2.45) is 0 Å². The van der Waals surface area contributed by atoms with Gasteiger partial charge in [-0.25, -0.2) is 8.42 Å². The summed E-state index contributed by atoms with van der Waals surface area (Å²) in [6.45, 7) is 0.875. The maximum atomic E-state index is 11.6. The number of rotatable bonds is 4. The fourth-order valence-corrected chi connectivity index (χ4v) is 2.56. The summed E-state index contributed by atoms with van der Waals surface area (Å²) in [6, 6.07) is 3.99. The van der Waals surface area contributed by atoms with Gasteiger partial charge in [0.05, 0.1) is 28.0 Å². The lowest BCUT2D eigenvalue weighted by Gasteiger charge is -2.07. The monoisotopic (exact) mass is 277 g/mol. The molecule has 94 valence electrons. The van der Waals surface area contributed by atoms with Gasteiger partial charge in [-0.3, -0.25) is 4.79 Å². The van der Waals surface area contributed by atoms with Crippen molar-refractivity contribution in [3.63, 3.8) is 0 Å². The van der Waals surface area contributed by atoms with E-state index in [1.54, 1.807) is 0 Å². The van der Waals surface area contributed by atoms with Crippen LogP contribution >= 0.6 is 11.6 Å². The predicted molar refractivity (Wildman–Crippen MR) is 64.9 cm³/mol. The summed E-state index contributed by atoms with van der Waals surface area (Å²) in [5, 5.41) is 11.2. The fourth-order valence-electron chi connectivity index (χ4n) is 1.22. The molecule has 1 rings (SSSR count). The first-order valence-electron chi connectivity index (χ1n) is 4.77. The standard InChI is InChI=1S/C10H12ClNO4S/c1-7(14)12-10-3-2-8(6-9(10)11)17(15,16)5-4-13/h2-3,6,13H,4-5H2,1H3,(H,12,14). The molecule has 0 aliphatic heterocycles. The number of aliphatic hydroxyl groups is 1. The van der Waals surface area contributed by atoms with Gasteiger partial charge < -0.3 is 10.4 Å². The summed E-state index contributed by atoms with van der Waals surface area (Å²) in [4.78, 5) is 10.8. The second-order valence-electron chi connectivity index (χ2n) is 3.37. The largest absolute Gasteiger partial charge is 0.395 e. The number of amides is 1. The highest BCUT2D eigenvalue weighted by atomic mass is 35.5. The summed E-state index contributed by atoms with van der Waals surface area (Å²) >= 11 is 5.84. The minimum atomic E-state index is -3.53. The Morgan fingerprint density at radius 2 is 2.12 bits per heavy atom. The summed E-state index contributed by atoms with van der Waals surface area (Å²) in [6.07, 6.45) is 0. The van der Waals surface area contributed by atoms with Crippen LogP contribution in [0.5, 0.6) is 0 Å². The third kappa shape index (κ3) is 3.69. The van der Waals surface area contributed by atoms with Crippen LogP contribution in [0.4, 0.5) is 5.69 Å². The second-order valence-corrected chi connectivity index (χ2v) is 5.88. The SMILES string of the molecule is CC(=O)Nc1ccc(S(=O)(=O)CCO)cc1Cl. The molecular weight excluding hydrogens is 266 g/mol. The number of carbonyl (C=O) groups excluding carboxylic acids is 1. The van der Waals surface area contributed by atoms with Gasteiger partial charge in [0.2, 0.25) is 5.91 Å². The number of anilines is 1. The highest BCUT2D eigenvalue weighted by molar-refractivity contribution is 7.91. The first-order valence-corrected chi connectivity index (χ1v) is 6.80. The van der Waals surface area contributed by atoms with Crippen molar-refractivity contribution >= 4 is 33.0 Å². The molecule has 7 heteroatoms. The highest BCUT2D eigenvalue weighted by Gasteiger charge is 2.15. The third-order valence-corrected chi connectivity index (χ3v) is 3.98. The lowest BCUT2D eigenvalue weighted by atomic mass is 10.3. The predicted octanol–water partition coefficient (Wildman–Crippen LogP) is 1.06. The molecule has 1 aromatic carbocycles. The quantitative estimate of drug-likeness (QED) is 0.862. The minimum absolute atomic E-state index is 0.0191. The molecule has 1 aromatic rings. The Morgan fingerprint density at radius 1 is 1.47 bits per heavy atom. The first-order chi connectivity index (χ1) is 7.86. The van der Waals surface area contributed by atoms with Gasteiger partial charge in [-0.1, -0.05) is 11.6 Å². The van der Waals surface area contributed by atoms with E-state index in [2.05, 4.69) is 5.32 Å². The normalized spacial score (nSPS) is 11.2. The van der Waals surface area contributed by atoms with Crippen LogP contribution in [0.25, 0.3) is 0 Å². The molecule has 0 aliphatic rings. The van der Waals surface area contributed by atoms with E-state index < -0.39 is 16.4 Å². The van der Waals surface area contributed by atoms with Gasteiger partial charge in [-0.2, -0.15) is 0 Å². The Balaban J connectivity index is 3.08. The average Bonchev–Trinajstić information content (AvgIpc) is 2.20. The number of carbonyl (C=O) groups is 1. The zero-order valence-electron chi connectivity index (χ0n) is 9.10. The molecule has 0 unspecified atom stereocenters. The van der Waals surface area contributed by atoms with Gasteiger partial charge in [-0.15, -0.1) is 0 Å². The Bertz CT molecular complexity index is 527. The number of sulfone groups is 1. The van der Waals surface area contributed by atoms with Crippen molar-refractivity contribution in [3.8, 4) is 0 Å². The molecule has 0 heterocycles. The molecule has 0 saturated carbocycles. The Hall–Kier alpha value is -1.11. The Kier molecular flexibility index (Phi) is 4.50. The van der Waals surface area contributed by atoms with Gasteiger partial charge in [0.25, 0.3) is 0 Å². The van der Waals surface area contributed by atoms with E-state index in [-0.39, 0.29) is 21.6 Å². The van der Waals surface area contributed by atoms with Crippen LogP contribution in [0.3, 0.4) is 0 Å². The van der Waals surface area contributed by atoms with Crippen LogP contribution in [0, 0.1) is 0 Å². The smallest absolute Gasteiger partial charge is 0.221 e. The summed E-state index contributed by atoms with van der Waals surface area (Å²) in [5.74, 6) is -0.652. The van der Waals surface area contributed by atoms with Crippen LogP contribution < -0.4 is 5.32 Å². The molecule has 0 aliphatic carbocycles. The number of hydrogen-bond acceptors (Lipinski definition) is 4. The molecule has 5 nitrogen and oxygen atoms in total. The molecule has 0 bridgehead atoms. The van der Waals surface area contributed by atoms with Crippen molar-refractivity contribution in [2.75, 3.05) is 17.7 Å². The summed E-state index contributed by atoms with van der Waals surface area (Å²) in [7, 11) is -3.53. The Labute approximate surface area is 104 Å². The highest BCUT2D eigenvalue weighted by Crippen LogP contribution is 2.25. The molecule has 0 saturated heterocycles. The summed E-state index contributed by atoms with van der Waals surface area (Å²) in [5.41, 5.74) is 0.349. The Morgan fingerprint density at radius 3 is 2.59 bits per heavy atom. The van der Waals surface area contributed by atoms with E-state index in [1.165, 1.54) is 25.1 Å². The summed E-state index contributed by atoms with van der Waals surface area (Å²) < 4.78 is 23.2. The fraction of sp³-hybridized carbons (Fsp3) is 0.300. The number of nitrogens with one attached hydrogen (secondary N) is 1. The first kappa shape index (κ1) is 14.0. The van der Waals surface area contributed by atoms with E-state index in [0.29, 0.717) is 5.69 Å². The molecular formula is C10H12ClNO4S. The van der Waals surface area contributed by atoms with E-state index in [0.717, 1.165) is 0 Å². The van der Waals surface area contributed by atoms with E-state index in [9.17, 15) is 13.2 Å². The minimum Gasteiger partial charge on any atom is -0.395 e. The lowest BCUT2D eigenvalue weighted by molar-refractivity contribution is -0.114. The van der Waals surface area contributed by atoms with Crippen molar-refractivity contribution < 1.29 is 18.3 Å². The lowest BCUT2D eigenvalue weighted by Crippen LogP contribution is -2.11. The molecule has 0 spiro atoms. The van der Waals surface area contributed by atoms with E-state index >= 15 is 0 Å². The van der Waals surface area contributed by atoms with Gasteiger partial charge in [-0.05, 0) is 18.2 Å². The molecule has 1 amide bonds. The van der Waals surface area contributed by atoms with Crippen molar-refractivity contribution in [1.29, 1.82) is 0 Å². The molecule has 0 radical (unpaired) electrons. The van der Waals surface area contributed by atoms with Gasteiger partial charge >= 0.3 is 0 Å². The number of benzene rings is 1. The van der Waals surface area contributed by atoms with Crippen LogP contribution in [-0.2, 0) is 14.6 Å². The number of halogens is 1. The van der Waals surface area contributed by atoms with Crippen molar-refractivity contribution in [3.05, 3.63) is 23.2 Å². The molecule has 0 aromatic heterocycles. The number of hydrogen-bond donors (Lipinski definition) is 2. The van der Waals surface area contributed by atoms with Gasteiger partial charge in [0, 0.05) is 6.92 Å². The second kappa shape index (κ2) is 5.48. The zero-order valence-corrected chi connectivity index (χ0v) is 10.7. The third-order valence-electron chi connectivity index (χ3n) is 1.97.